The van der Waals surface area contributed by atoms with Crippen molar-refractivity contribution in [1.82, 2.24) is 0 Å². The zero-order valence-electron chi connectivity index (χ0n) is 12.3. The molecule has 4 heteroatoms. The summed E-state index contributed by atoms with van der Waals surface area (Å²) < 4.78 is 0. The van der Waals surface area contributed by atoms with E-state index in [1.807, 2.05) is 0 Å². The maximum atomic E-state index is 3.53. The number of rotatable bonds is 15. The fourth-order valence-electron chi connectivity index (χ4n) is 2.55. The first-order valence-electron chi connectivity index (χ1n) is 8.03. The molecule has 0 rings (SSSR count). The van der Waals surface area contributed by atoms with E-state index in [4.69, 9.17) is 0 Å². The molecule has 0 aromatic carbocycles. The molecule has 19 heavy (non-hydrogen) atoms. The van der Waals surface area contributed by atoms with Crippen molar-refractivity contribution in [2.24, 2.45) is 0 Å². The van der Waals surface area contributed by atoms with E-state index in [0.717, 1.165) is 6.71 Å². The number of unbranched alkanes of at least 4 members (excludes halogenated alkanes) is 6. The van der Waals surface area contributed by atoms with Crippen LogP contribution in [0.4, 0.5) is 0 Å². The molecule has 0 spiro atoms. The molecule has 0 aliphatic carbocycles. The van der Waals surface area contributed by atoms with Gasteiger partial charge in [0.2, 0.25) is 0 Å². The molecule has 0 bridgehead atoms. The third-order valence-corrected chi connectivity index (χ3v) is 5.42. The lowest BCUT2D eigenvalue weighted by Crippen LogP contribution is -2.12. The molecule has 0 radical (unpaired) electrons. The summed E-state index contributed by atoms with van der Waals surface area (Å²) in [7, 11) is 0. The summed E-state index contributed by atoms with van der Waals surface area (Å²) >= 11 is 10.6. The Bertz CT molecular complexity index is 139. The molecule has 0 atom stereocenters. The molecule has 0 aliphatic heterocycles. The van der Waals surface area contributed by atoms with Crippen molar-refractivity contribution in [3.63, 3.8) is 0 Å². The number of halogens is 3. The molecule has 0 fully saturated rings. The Hall–Kier alpha value is 1.50. The molecule has 0 amide bonds. The first kappa shape index (κ1) is 20.5. The lowest BCUT2D eigenvalue weighted by atomic mass is 9.41. The molecule has 0 aromatic heterocycles. The van der Waals surface area contributed by atoms with Crippen molar-refractivity contribution in [2.75, 3.05) is 16.0 Å². The van der Waals surface area contributed by atoms with Gasteiger partial charge in [-0.3, -0.25) is 0 Å². The second kappa shape index (κ2) is 17.6. The molecule has 0 saturated carbocycles. The molecular weight excluding hydrogens is 431 g/mol. The maximum Gasteiger partial charge on any atom is 0.139 e. The SMILES string of the molecule is BrCCCCCB(CCCCCBr)CCCCCBr. The monoisotopic (exact) mass is 458 g/mol. The zero-order chi connectivity index (χ0) is 14.2. The number of hydrogen-bond donors (Lipinski definition) is 0. The van der Waals surface area contributed by atoms with Crippen LogP contribution in [0.3, 0.4) is 0 Å². The van der Waals surface area contributed by atoms with Crippen LogP contribution in [0.25, 0.3) is 0 Å². The second-order valence-corrected chi connectivity index (χ2v) is 7.86. The third-order valence-electron chi connectivity index (χ3n) is 3.74. The van der Waals surface area contributed by atoms with Crippen LogP contribution in [0, 0.1) is 0 Å². The van der Waals surface area contributed by atoms with Crippen LogP contribution in [0.5, 0.6) is 0 Å². The molecule has 0 heterocycles. The minimum atomic E-state index is 1.00. The van der Waals surface area contributed by atoms with Crippen LogP contribution in [0.2, 0.25) is 19.0 Å². The van der Waals surface area contributed by atoms with Crippen LogP contribution in [-0.4, -0.2) is 22.7 Å². The predicted octanol–water partition coefficient (Wildman–Crippen LogP) is 7.18. The van der Waals surface area contributed by atoms with E-state index >= 15 is 0 Å². The van der Waals surface area contributed by atoms with E-state index in [0.29, 0.717) is 0 Å². The summed E-state index contributed by atoms with van der Waals surface area (Å²) in [5, 5.41) is 3.52. The van der Waals surface area contributed by atoms with Crippen LogP contribution in [-0.2, 0) is 0 Å². The molecule has 0 aromatic rings. The van der Waals surface area contributed by atoms with Gasteiger partial charge >= 0.3 is 0 Å². The molecule has 0 nitrogen and oxygen atoms in total. The Kier molecular flexibility index (Phi) is 18.9. The standard InChI is InChI=1S/C15H30BBr3/c17-13-7-1-4-10-16(11-5-2-8-14-18)12-6-3-9-15-19/h1-15H2. The van der Waals surface area contributed by atoms with E-state index < -0.39 is 0 Å². The van der Waals surface area contributed by atoms with E-state index in [2.05, 4.69) is 47.8 Å². The minimum absolute atomic E-state index is 1.00. The van der Waals surface area contributed by atoms with Gasteiger partial charge in [-0.05, 0) is 19.3 Å². The van der Waals surface area contributed by atoms with Gasteiger partial charge in [-0.25, -0.2) is 0 Å². The second-order valence-electron chi connectivity index (χ2n) is 5.48. The van der Waals surface area contributed by atoms with Crippen molar-refractivity contribution in [2.45, 2.75) is 76.7 Å². The molecule has 0 unspecified atom stereocenters. The average molecular weight is 461 g/mol. The summed E-state index contributed by atoms with van der Waals surface area (Å²) in [4.78, 5) is 0. The highest BCUT2D eigenvalue weighted by Crippen LogP contribution is 2.19. The van der Waals surface area contributed by atoms with Crippen molar-refractivity contribution in [1.29, 1.82) is 0 Å². The molecule has 0 N–H and O–H groups in total. The first-order valence-corrected chi connectivity index (χ1v) is 11.4. The smallest absolute Gasteiger partial charge is 0.0928 e. The first-order chi connectivity index (χ1) is 9.35. The van der Waals surface area contributed by atoms with E-state index in [9.17, 15) is 0 Å². The highest BCUT2D eigenvalue weighted by atomic mass is 79.9. The van der Waals surface area contributed by atoms with E-state index in [1.165, 1.54) is 92.7 Å². The Balaban J connectivity index is 3.66. The molecule has 0 saturated heterocycles. The van der Waals surface area contributed by atoms with Crippen LogP contribution >= 0.6 is 47.8 Å². The van der Waals surface area contributed by atoms with Gasteiger partial charge in [0.15, 0.2) is 0 Å². The van der Waals surface area contributed by atoms with Gasteiger partial charge in [0.1, 0.15) is 6.71 Å². The van der Waals surface area contributed by atoms with Gasteiger partial charge in [-0.15, -0.1) is 0 Å². The Morgan fingerprint density at radius 2 is 0.737 bits per heavy atom. The molecule has 0 aliphatic rings. The van der Waals surface area contributed by atoms with Crippen molar-refractivity contribution >= 4 is 54.5 Å². The highest BCUT2D eigenvalue weighted by molar-refractivity contribution is 9.09. The number of alkyl halides is 3. The van der Waals surface area contributed by atoms with Crippen LogP contribution in [0.1, 0.15) is 57.8 Å². The van der Waals surface area contributed by atoms with E-state index in [1.54, 1.807) is 0 Å². The fraction of sp³-hybridized carbons (Fsp3) is 1.00. The summed E-state index contributed by atoms with van der Waals surface area (Å²) in [6, 6.07) is 0. The summed E-state index contributed by atoms with van der Waals surface area (Å²) in [6.45, 7) is 1.00. The summed E-state index contributed by atoms with van der Waals surface area (Å²) in [5.41, 5.74) is 0. The maximum absolute atomic E-state index is 3.53. The summed E-state index contributed by atoms with van der Waals surface area (Å²) in [5.74, 6) is 0. The average Bonchev–Trinajstić information content (AvgIpc) is 2.43. The highest BCUT2D eigenvalue weighted by Gasteiger charge is 2.12. The van der Waals surface area contributed by atoms with E-state index in [-0.39, 0.29) is 0 Å². The van der Waals surface area contributed by atoms with Gasteiger partial charge < -0.3 is 0 Å². The summed E-state index contributed by atoms with van der Waals surface area (Å²) in [6.07, 6.45) is 17.0. The third kappa shape index (κ3) is 15.7. The normalized spacial score (nSPS) is 10.9. The quantitative estimate of drug-likeness (QED) is 0.138. The topological polar surface area (TPSA) is 0 Å². The van der Waals surface area contributed by atoms with Gasteiger partial charge in [-0.1, -0.05) is 105 Å². The van der Waals surface area contributed by atoms with Gasteiger partial charge in [0, 0.05) is 16.0 Å². The lowest BCUT2D eigenvalue weighted by Gasteiger charge is -2.13. The molecule has 114 valence electrons. The van der Waals surface area contributed by atoms with Gasteiger partial charge in [-0.2, -0.15) is 0 Å². The van der Waals surface area contributed by atoms with Crippen molar-refractivity contribution < 1.29 is 0 Å². The largest absolute Gasteiger partial charge is 0.139 e. The van der Waals surface area contributed by atoms with Crippen molar-refractivity contribution in [3.05, 3.63) is 0 Å². The van der Waals surface area contributed by atoms with Gasteiger partial charge in [0.25, 0.3) is 0 Å². The predicted molar refractivity (Wildman–Crippen MR) is 103 cm³/mol. The fourth-order valence-corrected chi connectivity index (χ4v) is 3.74. The lowest BCUT2D eigenvalue weighted by molar-refractivity contribution is 0.734. The molecular formula is C15H30BBr3. The Morgan fingerprint density at radius 3 is 1.00 bits per heavy atom. The van der Waals surface area contributed by atoms with Crippen LogP contribution < -0.4 is 0 Å². The zero-order valence-corrected chi connectivity index (χ0v) is 17.1. The van der Waals surface area contributed by atoms with Crippen molar-refractivity contribution in [3.8, 4) is 0 Å². The Morgan fingerprint density at radius 1 is 0.421 bits per heavy atom. The number of hydrogen-bond acceptors (Lipinski definition) is 0. The minimum Gasteiger partial charge on any atom is -0.0928 e. The Labute approximate surface area is 146 Å². The van der Waals surface area contributed by atoms with Gasteiger partial charge in [0.05, 0.1) is 0 Å². The van der Waals surface area contributed by atoms with Crippen LogP contribution in [0.15, 0.2) is 0 Å².